The van der Waals surface area contributed by atoms with Crippen LogP contribution in [0.3, 0.4) is 0 Å². The van der Waals surface area contributed by atoms with Crippen LogP contribution in [-0.2, 0) is 0 Å². The summed E-state index contributed by atoms with van der Waals surface area (Å²) in [6, 6.07) is 8.16. The van der Waals surface area contributed by atoms with Crippen LogP contribution in [0.15, 0.2) is 28.7 Å². The Hall–Kier alpha value is -1.25. The molecule has 1 atom stereocenters. The van der Waals surface area contributed by atoms with E-state index in [2.05, 4.69) is 32.2 Å². The van der Waals surface area contributed by atoms with E-state index in [1.54, 1.807) is 0 Å². The Morgan fingerprint density at radius 1 is 1.16 bits per heavy atom. The van der Waals surface area contributed by atoms with Crippen LogP contribution in [0.2, 0.25) is 5.02 Å². The van der Waals surface area contributed by atoms with Gasteiger partial charge >= 0.3 is 0 Å². The van der Waals surface area contributed by atoms with Gasteiger partial charge in [0.1, 0.15) is 11.5 Å². The van der Waals surface area contributed by atoms with Gasteiger partial charge in [-0.05, 0) is 62.2 Å². The summed E-state index contributed by atoms with van der Waals surface area (Å²) < 4.78 is 5.76. The highest BCUT2D eigenvalue weighted by Gasteiger charge is 2.19. The molecule has 1 aromatic heterocycles. The normalized spacial score (nSPS) is 12.7. The molecule has 0 saturated heterocycles. The molecule has 19 heavy (non-hydrogen) atoms. The van der Waals surface area contributed by atoms with E-state index in [1.807, 2.05) is 25.1 Å². The second-order valence-electron chi connectivity index (χ2n) is 4.90. The Morgan fingerprint density at radius 3 is 2.42 bits per heavy atom. The highest BCUT2D eigenvalue weighted by atomic mass is 35.5. The van der Waals surface area contributed by atoms with Gasteiger partial charge < -0.3 is 9.73 Å². The number of halogens is 1. The van der Waals surface area contributed by atoms with E-state index in [0.29, 0.717) is 0 Å². The van der Waals surface area contributed by atoms with Crippen LogP contribution in [0.5, 0.6) is 0 Å². The first-order valence-electron chi connectivity index (χ1n) is 6.59. The lowest BCUT2D eigenvalue weighted by Gasteiger charge is -2.19. The molecule has 1 N–H and O–H groups in total. The fraction of sp³-hybridized carbons (Fsp3) is 0.375. The third-order valence-electron chi connectivity index (χ3n) is 3.38. The molecule has 0 amide bonds. The molecule has 0 bridgehead atoms. The summed E-state index contributed by atoms with van der Waals surface area (Å²) in [5.74, 6) is 1.82. The van der Waals surface area contributed by atoms with Gasteiger partial charge in [-0.15, -0.1) is 0 Å². The number of hydrogen-bond acceptors (Lipinski definition) is 2. The Kier molecular flexibility index (Phi) is 4.33. The van der Waals surface area contributed by atoms with Crippen molar-refractivity contribution >= 4 is 11.6 Å². The molecule has 2 aromatic rings. The predicted octanol–water partition coefficient (Wildman–Crippen LogP) is 4.56. The van der Waals surface area contributed by atoms with Gasteiger partial charge in [0.2, 0.25) is 0 Å². The van der Waals surface area contributed by atoms with E-state index in [4.69, 9.17) is 16.0 Å². The average molecular weight is 278 g/mol. The van der Waals surface area contributed by atoms with E-state index in [9.17, 15) is 0 Å². The van der Waals surface area contributed by atoms with Crippen molar-refractivity contribution in [3.8, 4) is 0 Å². The summed E-state index contributed by atoms with van der Waals surface area (Å²) >= 11 is 6.41. The van der Waals surface area contributed by atoms with Crippen molar-refractivity contribution in [2.75, 3.05) is 6.54 Å². The van der Waals surface area contributed by atoms with Gasteiger partial charge in [-0.1, -0.05) is 24.6 Å². The smallest absolute Gasteiger partial charge is 0.125 e. The molecular formula is C16H20ClNO. The zero-order valence-electron chi connectivity index (χ0n) is 11.9. The van der Waals surface area contributed by atoms with Gasteiger partial charge in [0.25, 0.3) is 0 Å². The summed E-state index contributed by atoms with van der Waals surface area (Å²) in [6.07, 6.45) is 0. The van der Waals surface area contributed by atoms with Crippen LogP contribution < -0.4 is 5.32 Å². The number of aryl methyl sites for hydroxylation is 3. The fourth-order valence-electron chi connectivity index (χ4n) is 2.20. The number of hydrogen-bond donors (Lipinski definition) is 1. The summed E-state index contributed by atoms with van der Waals surface area (Å²) in [5, 5.41) is 4.22. The Balaban J connectivity index is 2.47. The van der Waals surface area contributed by atoms with Crippen molar-refractivity contribution in [2.24, 2.45) is 0 Å². The van der Waals surface area contributed by atoms with Crippen molar-refractivity contribution in [3.05, 3.63) is 57.5 Å². The molecule has 0 saturated carbocycles. The summed E-state index contributed by atoms with van der Waals surface area (Å²) in [7, 11) is 0. The van der Waals surface area contributed by atoms with E-state index < -0.39 is 0 Å². The lowest BCUT2D eigenvalue weighted by atomic mass is 9.99. The van der Waals surface area contributed by atoms with Crippen LogP contribution in [-0.4, -0.2) is 6.54 Å². The Bertz CT molecular complexity index is 574. The molecule has 0 aliphatic heterocycles. The molecule has 0 aliphatic carbocycles. The molecular weight excluding hydrogens is 258 g/mol. The van der Waals surface area contributed by atoms with Crippen LogP contribution in [0.4, 0.5) is 0 Å². The molecule has 0 fully saturated rings. The van der Waals surface area contributed by atoms with E-state index in [0.717, 1.165) is 28.7 Å². The van der Waals surface area contributed by atoms with Crippen molar-refractivity contribution in [2.45, 2.75) is 33.7 Å². The van der Waals surface area contributed by atoms with Crippen LogP contribution >= 0.6 is 11.6 Å². The van der Waals surface area contributed by atoms with Gasteiger partial charge in [0.15, 0.2) is 0 Å². The van der Waals surface area contributed by atoms with Crippen LogP contribution in [0.1, 0.15) is 41.2 Å². The third kappa shape index (κ3) is 3.02. The maximum absolute atomic E-state index is 6.41. The number of benzene rings is 1. The molecule has 0 radical (unpaired) electrons. The number of furan rings is 1. The second kappa shape index (κ2) is 5.81. The lowest BCUT2D eigenvalue weighted by molar-refractivity contribution is 0.435. The van der Waals surface area contributed by atoms with Crippen molar-refractivity contribution in [1.29, 1.82) is 0 Å². The topological polar surface area (TPSA) is 25.2 Å². The molecule has 1 aromatic carbocycles. The summed E-state index contributed by atoms with van der Waals surface area (Å²) in [4.78, 5) is 0. The summed E-state index contributed by atoms with van der Waals surface area (Å²) in [5.41, 5.74) is 3.52. The molecule has 3 heteroatoms. The minimum atomic E-state index is 0.00509. The monoisotopic (exact) mass is 277 g/mol. The fourth-order valence-corrected chi connectivity index (χ4v) is 2.53. The SMILES string of the molecule is CCNC(c1ccc(C)o1)c1cc(C)c(C)cc1Cl. The Labute approximate surface area is 119 Å². The van der Waals surface area contributed by atoms with Gasteiger partial charge in [-0.2, -0.15) is 0 Å². The molecule has 0 aliphatic rings. The van der Waals surface area contributed by atoms with Crippen LogP contribution in [0.25, 0.3) is 0 Å². The summed E-state index contributed by atoms with van der Waals surface area (Å²) in [6.45, 7) is 9.07. The highest BCUT2D eigenvalue weighted by Crippen LogP contribution is 2.31. The minimum Gasteiger partial charge on any atom is -0.464 e. The zero-order valence-corrected chi connectivity index (χ0v) is 12.6. The zero-order chi connectivity index (χ0) is 14.0. The standard InChI is InChI=1S/C16H20ClNO/c1-5-18-16(15-7-6-12(4)19-15)13-8-10(2)11(3)9-14(13)17/h6-9,16,18H,5H2,1-4H3. The number of nitrogens with one attached hydrogen (secondary N) is 1. The molecule has 2 rings (SSSR count). The third-order valence-corrected chi connectivity index (χ3v) is 3.71. The lowest BCUT2D eigenvalue weighted by Crippen LogP contribution is -2.22. The first kappa shape index (κ1) is 14.2. The van der Waals surface area contributed by atoms with Gasteiger partial charge in [-0.3, -0.25) is 0 Å². The predicted molar refractivity (Wildman–Crippen MR) is 79.9 cm³/mol. The van der Waals surface area contributed by atoms with E-state index >= 15 is 0 Å². The quantitative estimate of drug-likeness (QED) is 0.886. The minimum absolute atomic E-state index is 0.00509. The maximum Gasteiger partial charge on any atom is 0.125 e. The van der Waals surface area contributed by atoms with E-state index in [-0.39, 0.29) is 6.04 Å². The maximum atomic E-state index is 6.41. The Morgan fingerprint density at radius 2 is 1.84 bits per heavy atom. The van der Waals surface area contributed by atoms with Crippen molar-refractivity contribution < 1.29 is 4.42 Å². The van der Waals surface area contributed by atoms with Crippen molar-refractivity contribution in [3.63, 3.8) is 0 Å². The molecule has 1 unspecified atom stereocenters. The molecule has 0 spiro atoms. The van der Waals surface area contributed by atoms with E-state index in [1.165, 1.54) is 11.1 Å². The number of rotatable bonds is 4. The largest absolute Gasteiger partial charge is 0.464 e. The first-order valence-corrected chi connectivity index (χ1v) is 6.97. The second-order valence-corrected chi connectivity index (χ2v) is 5.30. The van der Waals surface area contributed by atoms with Crippen LogP contribution in [0, 0.1) is 20.8 Å². The van der Waals surface area contributed by atoms with Gasteiger partial charge in [0.05, 0.1) is 6.04 Å². The molecule has 1 heterocycles. The van der Waals surface area contributed by atoms with Gasteiger partial charge in [0, 0.05) is 5.02 Å². The highest BCUT2D eigenvalue weighted by molar-refractivity contribution is 6.31. The molecule has 102 valence electrons. The van der Waals surface area contributed by atoms with Gasteiger partial charge in [-0.25, -0.2) is 0 Å². The van der Waals surface area contributed by atoms with Crippen molar-refractivity contribution in [1.82, 2.24) is 5.32 Å². The first-order chi connectivity index (χ1) is 9.02. The average Bonchev–Trinajstić information content (AvgIpc) is 2.78. The molecule has 2 nitrogen and oxygen atoms in total.